The molecule has 0 spiro atoms. The van der Waals surface area contributed by atoms with Gasteiger partial charge in [0.15, 0.2) is 0 Å². The molecule has 1 rings (SSSR count). The van der Waals surface area contributed by atoms with Crippen LogP contribution in [0.15, 0.2) is 42.2 Å². The van der Waals surface area contributed by atoms with E-state index >= 15 is 0 Å². The Labute approximate surface area is 144 Å². The second-order valence-corrected chi connectivity index (χ2v) is 7.53. The molecule has 0 aliphatic carbocycles. The summed E-state index contributed by atoms with van der Waals surface area (Å²) in [4.78, 5) is 14.0. The highest BCUT2D eigenvalue weighted by atomic mass is 32.2. The number of carbonyl (C=O) groups excluding carboxylic acids is 1. The number of carbonyl (C=O) groups is 1. The molecule has 0 aliphatic heterocycles. The first-order valence-electron chi connectivity index (χ1n) is 7.83. The molecule has 0 aliphatic rings. The number of hydrogen-bond donors (Lipinski definition) is 1. The van der Waals surface area contributed by atoms with E-state index in [1.807, 2.05) is 57.8 Å². The number of thioether (sulfide) groups is 1. The van der Waals surface area contributed by atoms with Crippen LogP contribution in [0.1, 0.15) is 33.3 Å². The summed E-state index contributed by atoms with van der Waals surface area (Å²) in [7, 11) is 2.03. The first-order chi connectivity index (χ1) is 10.8. The van der Waals surface area contributed by atoms with Crippen LogP contribution in [0.25, 0.3) is 0 Å². The SMILES string of the molecule is CCSC/C(=C\NC(=O)OC(C)(C)C)N(C)Cc1ccccc1. The molecule has 0 atom stereocenters. The summed E-state index contributed by atoms with van der Waals surface area (Å²) in [6, 6.07) is 10.3. The summed E-state index contributed by atoms with van der Waals surface area (Å²) in [5.74, 6) is 1.87. The highest BCUT2D eigenvalue weighted by molar-refractivity contribution is 7.99. The van der Waals surface area contributed by atoms with Crippen LogP contribution in [0.5, 0.6) is 0 Å². The van der Waals surface area contributed by atoms with Gasteiger partial charge in [-0.3, -0.25) is 5.32 Å². The number of benzene rings is 1. The van der Waals surface area contributed by atoms with Gasteiger partial charge in [-0.2, -0.15) is 11.8 Å². The van der Waals surface area contributed by atoms with Gasteiger partial charge in [0.25, 0.3) is 0 Å². The van der Waals surface area contributed by atoms with Crippen molar-refractivity contribution in [2.75, 3.05) is 18.6 Å². The van der Waals surface area contributed by atoms with Crippen molar-refractivity contribution in [1.82, 2.24) is 10.2 Å². The minimum atomic E-state index is -0.494. The number of amides is 1. The molecule has 5 heteroatoms. The molecule has 0 unspecified atom stereocenters. The van der Waals surface area contributed by atoms with Crippen LogP contribution < -0.4 is 5.32 Å². The third kappa shape index (κ3) is 8.55. The van der Waals surface area contributed by atoms with Crippen LogP contribution in [0, 0.1) is 0 Å². The predicted molar refractivity (Wildman–Crippen MR) is 98.4 cm³/mol. The van der Waals surface area contributed by atoms with E-state index in [4.69, 9.17) is 4.74 Å². The van der Waals surface area contributed by atoms with Gasteiger partial charge in [-0.15, -0.1) is 0 Å². The normalized spacial score (nSPS) is 12.0. The van der Waals surface area contributed by atoms with Gasteiger partial charge in [0.1, 0.15) is 5.60 Å². The van der Waals surface area contributed by atoms with Gasteiger partial charge in [-0.25, -0.2) is 4.79 Å². The summed E-state index contributed by atoms with van der Waals surface area (Å²) in [6.07, 6.45) is 1.32. The predicted octanol–water partition coefficient (Wildman–Crippen LogP) is 4.24. The van der Waals surface area contributed by atoms with E-state index in [1.165, 1.54) is 5.56 Å². The lowest BCUT2D eigenvalue weighted by atomic mass is 10.2. The van der Waals surface area contributed by atoms with Gasteiger partial charge < -0.3 is 9.64 Å². The van der Waals surface area contributed by atoms with Crippen molar-refractivity contribution in [3.8, 4) is 0 Å². The Kier molecular flexibility index (Phi) is 8.03. The zero-order valence-electron chi connectivity index (χ0n) is 14.8. The van der Waals surface area contributed by atoms with Crippen LogP contribution in [0.3, 0.4) is 0 Å². The molecule has 0 heterocycles. The molecule has 23 heavy (non-hydrogen) atoms. The minimum Gasteiger partial charge on any atom is -0.444 e. The second-order valence-electron chi connectivity index (χ2n) is 6.26. The van der Waals surface area contributed by atoms with E-state index in [0.29, 0.717) is 0 Å². The zero-order chi connectivity index (χ0) is 17.3. The number of nitrogens with zero attached hydrogens (tertiary/aromatic N) is 1. The van der Waals surface area contributed by atoms with Crippen molar-refractivity contribution in [3.05, 3.63) is 47.8 Å². The fourth-order valence-corrected chi connectivity index (χ4v) is 2.59. The molecular weight excluding hydrogens is 308 g/mol. The summed E-state index contributed by atoms with van der Waals surface area (Å²) in [5.41, 5.74) is 1.80. The molecule has 1 N–H and O–H groups in total. The smallest absolute Gasteiger partial charge is 0.411 e. The van der Waals surface area contributed by atoms with Crippen molar-refractivity contribution >= 4 is 17.9 Å². The number of hydrogen-bond acceptors (Lipinski definition) is 4. The summed E-state index contributed by atoms with van der Waals surface area (Å²) >= 11 is 1.82. The third-order valence-electron chi connectivity index (χ3n) is 2.96. The highest BCUT2D eigenvalue weighted by Crippen LogP contribution is 2.14. The Balaban J connectivity index is 2.70. The Morgan fingerprint density at radius 3 is 2.52 bits per heavy atom. The van der Waals surface area contributed by atoms with Crippen LogP contribution in [0.2, 0.25) is 0 Å². The average Bonchev–Trinajstić information content (AvgIpc) is 2.46. The van der Waals surface area contributed by atoms with Crippen molar-refractivity contribution in [2.45, 2.75) is 39.8 Å². The van der Waals surface area contributed by atoms with Crippen molar-refractivity contribution in [3.63, 3.8) is 0 Å². The Hall–Kier alpha value is -1.62. The Morgan fingerprint density at radius 2 is 1.96 bits per heavy atom. The van der Waals surface area contributed by atoms with Gasteiger partial charge in [-0.1, -0.05) is 37.3 Å². The van der Waals surface area contributed by atoms with E-state index < -0.39 is 11.7 Å². The summed E-state index contributed by atoms with van der Waals surface area (Å²) in [5, 5.41) is 2.74. The molecule has 0 fully saturated rings. The maximum Gasteiger partial charge on any atom is 0.411 e. The van der Waals surface area contributed by atoms with Crippen molar-refractivity contribution < 1.29 is 9.53 Å². The highest BCUT2D eigenvalue weighted by Gasteiger charge is 2.15. The second kappa shape index (κ2) is 9.50. The molecular formula is C18H28N2O2S. The lowest BCUT2D eigenvalue weighted by Gasteiger charge is -2.23. The maximum atomic E-state index is 11.8. The van der Waals surface area contributed by atoms with Crippen LogP contribution in [0.4, 0.5) is 4.79 Å². The molecule has 0 aromatic heterocycles. The third-order valence-corrected chi connectivity index (χ3v) is 3.87. The standard InChI is InChI=1S/C18H28N2O2S/c1-6-23-14-16(12-19-17(21)22-18(2,3)4)20(5)13-15-10-8-7-9-11-15/h7-12H,6,13-14H2,1-5H3,(H,19,21)/b16-12+. The van der Waals surface area contributed by atoms with E-state index in [2.05, 4.69) is 29.3 Å². The fourth-order valence-electron chi connectivity index (χ4n) is 1.88. The molecule has 1 aromatic carbocycles. The minimum absolute atomic E-state index is 0.426. The van der Waals surface area contributed by atoms with Gasteiger partial charge in [0.05, 0.1) is 0 Å². The molecule has 128 valence electrons. The van der Waals surface area contributed by atoms with E-state index in [1.54, 1.807) is 6.20 Å². The van der Waals surface area contributed by atoms with Crippen LogP contribution in [-0.2, 0) is 11.3 Å². The van der Waals surface area contributed by atoms with Crippen molar-refractivity contribution in [2.24, 2.45) is 0 Å². The maximum absolute atomic E-state index is 11.8. The van der Waals surface area contributed by atoms with E-state index in [-0.39, 0.29) is 0 Å². The number of nitrogens with one attached hydrogen (secondary N) is 1. The number of rotatable bonds is 7. The molecule has 0 bridgehead atoms. The summed E-state index contributed by atoms with van der Waals surface area (Å²) < 4.78 is 5.27. The average molecular weight is 337 g/mol. The van der Waals surface area contributed by atoms with Gasteiger partial charge in [0.2, 0.25) is 0 Å². The quantitative estimate of drug-likeness (QED) is 0.809. The molecule has 1 amide bonds. The van der Waals surface area contributed by atoms with Gasteiger partial charge >= 0.3 is 6.09 Å². The zero-order valence-corrected chi connectivity index (χ0v) is 15.6. The first-order valence-corrected chi connectivity index (χ1v) is 8.98. The molecule has 0 saturated heterocycles. The molecule has 4 nitrogen and oxygen atoms in total. The summed E-state index contributed by atoms with van der Waals surface area (Å²) in [6.45, 7) is 8.48. The molecule has 0 radical (unpaired) electrons. The topological polar surface area (TPSA) is 41.6 Å². The Bertz CT molecular complexity index is 510. The van der Waals surface area contributed by atoms with Crippen LogP contribution in [-0.4, -0.2) is 35.1 Å². The largest absolute Gasteiger partial charge is 0.444 e. The lowest BCUT2D eigenvalue weighted by Crippen LogP contribution is -2.31. The first kappa shape index (κ1) is 19.4. The van der Waals surface area contributed by atoms with E-state index in [9.17, 15) is 4.79 Å². The van der Waals surface area contributed by atoms with Gasteiger partial charge in [-0.05, 0) is 32.1 Å². The van der Waals surface area contributed by atoms with E-state index in [0.717, 1.165) is 23.7 Å². The molecule has 1 aromatic rings. The fraction of sp³-hybridized carbons (Fsp3) is 0.500. The van der Waals surface area contributed by atoms with Crippen LogP contribution >= 0.6 is 11.8 Å². The number of alkyl carbamates (subject to hydrolysis) is 1. The molecule has 0 saturated carbocycles. The van der Waals surface area contributed by atoms with Crippen molar-refractivity contribution in [1.29, 1.82) is 0 Å². The lowest BCUT2D eigenvalue weighted by molar-refractivity contribution is 0.0551. The Morgan fingerprint density at radius 1 is 1.30 bits per heavy atom. The van der Waals surface area contributed by atoms with Gasteiger partial charge in [0, 0.05) is 31.2 Å². The monoisotopic (exact) mass is 336 g/mol. The number of ether oxygens (including phenoxy) is 1.